The molecule has 13 heavy (non-hydrogen) atoms. The number of amides is 1. The molecule has 0 aliphatic carbocycles. The van der Waals surface area contributed by atoms with Crippen LogP contribution < -0.4 is 5.32 Å². The molecule has 0 heterocycles. The standard InChI is InChI=1S/C6H11NO5S/c8-1-4(9)5(10)7-3(2-13)6(11)12/h3-4,8-9,13H,1-2H2,(H,7,10)(H,11,12)/t3-,4?/m0/s1. The van der Waals surface area contributed by atoms with Crippen molar-refractivity contribution < 1.29 is 24.9 Å². The van der Waals surface area contributed by atoms with Gasteiger partial charge in [-0.25, -0.2) is 4.79 Å². The number of carbonyl (C=O) groups is 2. The second-order valence-corrected chi connectivity index (χ2v) is 2.65. The molecule has 0 aliphatic rings. The molecule has 0 aromatic rings. The average Bonchev–Trinajstić information content (AvgIpc) is 2.11. The van der Waals surface area contributed by atoms with E-state index >= 15 is 0 Å². The highest BCUT2D eigenvalue weighted by Gasteiger charge is 2.21. The van der Waals surface area contributed by atoms with Gasteiger partial charge in [-0.15, -0.1) is 0 Å². The number of nitrogens with one attached hydrogen (secondary N) is 1. The number of aliphatic carboxylic acids is 1. The second kappa shape index (κ2) is 5.79. The molecule has 6 nitrogen and oxygen atoms in total. The molecular formula is C6H11NO5S. The lowest BCUT2D eigenvalue weighted by atomic mass is 10.3. The van der Waals surface area contributed by atoms with E-state index in [1.807, 2.05) is 5.32 Å². The Labute approximate surface area is 80.0 Å². The third kappa shape index (κ3) is 4.11. The van der Waals surface area contributed by atoms with Gasteiger partial charge in [-0.05, 0) is 0 Å². The zero-order valence-electron chi connectivity index (χ0n) is 6.67. The summed E-state index contributed by atoms with van der Waals surface area (Å²) in [6.07, 6.45) is -1.60. The smallest absolute Gasteiger partial charge is 0.327 e. The van der Waals surface area contributed by atoms with Crippen molar-refractivity contribution in [3.63, 3.8) is 0 Å². The number of carboxylic acid groups (broad SMARTS) is 1. The van der Waals surface area contributed by atoms with E-state index in [2.05, 4.69) is 12.6 Å². The Hall–Kier alpha value is -0.790. The van der Waals surface area contributed by atoms with Gasteiger partial charge in [0.1, 0.15) is 6.04 Å². The Balaban J connectivity index is 4.09. The van der Waals surface area contributed by atoms with E-state index in [9.17, 15) is 9.59 Å². The van der Waals surface area contributed by atoms with Crippen LogP contribution in [0.15, 0.2) is 0 Å². The average molecular weight is 209 g/mol. The minimum atomic E-state index is -1.60. The highest BCUT2D eigenvalue weighted by atomic mass is 32.1. The summed E-state index contributed by atoms with van der Waals surface area (Å²) in [4.78, 5) is 21.2. The summed E-state index contributed by atoms with van der Waals surface area (Å²) >= 11 is 3.69. The zero-order valence-corrected chi connectivity index (χ0v) is 7.57. The van der Waals surface area contributed by atoms with Gasteiger partial charge in [-0.3, -0.25) is 4.79 Å². The number of thiol groups is 1. The topological polar surface area (TPSA) is 107 Å². The van der Waals surface area contributed by atoms with E-state index in [1.54, 1.807) is 0 Å². The highest BCUT2D eigenvalue weighted by Crippen LogP contribution is 1.90. The number of carbonyl (C=O) groups excluding carboxylic acids is 1. The van der Waals surface area contributed by atoms with Crippen molar-refractivity contribution in [2.24, 2.45) is 0 Å². The number of aliphatic hydroxyl groups excluding tert-OH is 2. The van der Waals surface area contributed by atoms with Crippen LogP contribution in [0.5, 0.6) is 0 Å². The van der Waals surface area contributed by atoms with Crippen LogP contribution in [0.1, 0.15) is 0 Å². The maximum atomic E-state index is 10.8. The van der Waals surface area contributed by atoms with E-state index in [0.29, 0.717) is 0 Å². The van der Waals surface area contributed by atoms with Crippen molar-refractivity contribution in [3.05, 3.63) is 0 Å². The van der Waals surface area contributed by atoms with E-state index < -0.39 is 30.6 Å². The summed E-state index contributed by atoms with van der Waals surface area (Å²) in [6, 6.07) is -1.16. The quantitative estimate of drug-likeness (QED) is 0.331. The minimum absolute atomic E-state index is 0.0841. The van der Waals surface area contributed by atoms with Crippen molar-refractivity contribution in [3.8, 4) is 0 Å². The van der Waals surface area contributed by atoms with Gasteiger partial charge in [0.05, 0.1) is 6.61 Å². The lowest BCUT2D eigenvalue weighted by molar-refractivity contribution is -0.143. The Morgan fingerprint density at radius 3 is 2.31 bits per heavy atom. The van der Waals surface area contributed by atoms with Crippen LogP contribution in [-0.4, -0.2) is 51.7 Å². The first-order valence-corrected chi connectivity index (χ1v) is 4.09. The number of hydrogen-bond donors (Lipinski definition) is 5. The maximum absolute atomic E-state index is 10.8. The van der Waals surface area contributed by atoms with Gasteiger partial charge in [0.15, 0.2) is 6.10 Å². The molecule has 0 spiro atoms. The van der Waals surface area contributed by atoms with Gasteiger partial charge in [0, 0.05) is 5.75 Å². The fourth-order valence-corrected chi connectivity index (χ4v) is 0.784. The fraction of sp³-hybridized carbons (Fsp3) is 0.667. The molecule has 0 saturated carbocycles. The van der Waals surface area contributed by atoms with Crippen LogP contribution in [-0.2, 0) is 9.59 Å². The molecule has 4 N–H and O–H groups in total. The third-order valence-electron chi connectivity index (χ3n) is 1.27. The Morgan fingerprint density at radius 1 is 1.46 bits per heavy atom. The number of hydrogen-bond acceptors (Lipinski definition) is 5. The van der Waals surface area contributed by atoms with Gasteiger partial charge < -0.3 is 20.6 Å². The first-order chi connectivity index (χ1) is 6.02. The van der Waals surface area contributed by atoms with Crippen LogP contribution in [0.2, 0.25) is 0 Å². The summed E-state index contributed by atoms with van der Waals surface area (Å²) in [7, 11) is 0. The number of carboxylic acids is 1. The van der Waals surface area contributed by atoms with Crippen molar-refractivity contribution in [1.29, 1.82) is 0 Å². The van der Waals surface area contributed by atoms with Crippen molar-refractivity contribution >= 4 is 24.5 Å². The Bertz CT molecular complexity index is 197. The molecule has 0 bridgehead atoms. The van der Waals surface area contributed by atoms with Crippen LogP contribution in [0.25, 0.3) is 0 Å². The van der Waals surface area contributed by atoms with Gasteiger partial charge in [0.2, 0.25) is 0 Å². The first kappa shape index (κ1) is 12.2. The molecule has 1 amide bonds. The molecule has 0 aromatic heterocycles. The predicted molar refractivity (Wildman–Crippen MR) is 46.5 cm³/mol. The lowest BCUT2D eigenvalue weighted by Crippen LogP contribution is -2.47. The zero-order chi connectivity index (χ0) is 10.4. The highest BCUT2D eigenvalue weighted by molar-refractivity contribution is 7.80. The van der Waals surface area contributed by atoms with Crippen LogP contribution in [0, 0.1) is 0 Å². The molecule has 7 heteroatoms. The van der Waals surface area contributed by atoms with Gasteiger partial charge in [-0.1, -0.05) is 0 Å². The summed E-state index contributed by atoms with van der Waals surface area (Å²) in [6.45, 7) is -0.745. The third-order valence-corrected chi connectivity index (χ3v) is 1.64. The normalized spacial score (nSPS) is 14.7. The Morgan fingerprint density at radius 2 is 2.00 bits per heavy atom. The molecular weight excluding hydrogens is 198 g/mol. The molecule has 76 valence electrons. The number of aliphatic hydroxyl groups is 2. The second-order valence-electron chi connectivity index (χ2n) is 2.28. The SMILES string of the molecule is O=C(N[C@@H](CS)C(=O)O)C(O)CO. The van der Waals surface area contributed by atoms with E-state index in [0.717, 1.165) is 0 Å². The largest absolute Gasteiger partial charge is 0.480 e. The summed E-state index contributed by atoms with van der Waals surface area (Å²) < 4.78 is 0. The van der Waals surface area contributed by atoms with Crippen LogP contribution in [0.4, 0.5) is 0 Å². The molecule has 0 rings (SSSR count). The molecule has 0 aliphatic heterocycles. The molecule has 0 fully saturated rings. The van der Waals surface area contributed by atoms with Crippen molar-refractivity contribution in [2.45, 2.75) is 12.1 Å². The molecule has 1 unspecified atom stereocenters. The Kier molecular flexibility index (Phi) is 5.44. The lowest BCUT2D eigenvalue weighted by Gasteiger charge is -2.13. The van der Waals surface area contributed by atoms with Gasteiger partial charge in [-0.2, -0.15) is 12.6 Å². The summed E-state index contributed by atoms with van der Waals surface area (Å²) in [5.41, 5.74) is 0. The van der Waals surface area contributed by atoms with E-state index in [1.165, 1.54) is 0 Å². The van der Waals surface area contributed by atoms with Gasteiger partial charge >= 0.3 is 5.97 Å². The van der Waals surface area contributed by atoms with Crippen molar-refractivity contribution in [1.82, 2.24) is 5.32 Å². The first-order valence-electron chi connectivity index (χ1n) is 3.46. The summed E-state index contributed by atoms with van der Waals surface area (Å²) in [5, 5.41) is 27.6. The molecule has 0 radical (unpaired) electrons. The molecule has 0 aromatic carbocycles. The van der Waals surface area contributed by atoms with E-state index in [4.69, 9.17) is 15.3 Å². The summed E-state index contributed by atoms with van der Waals surface area (Å²) in [5.74, 6) is -2.25. The van der Waals surface area contributed by atoms with E-state index in [-0.39, 0.29) is 5.75 Å². The van der Waals surface area contributed by atoms with Crippen LogP contribution in [0.3, 0.4) is 0 Å². The monoisotopic (exact) mass is 209 g/mol. The molecule has 2 atom stereocenters. The number of rotatable bonds is 5. The van der Waals surface area contributed by atoms with Crippen molar-refractivity contribution in [2.75, 3.05) is 12.4 Å². The minimum Gasteiger partial charge on any atom is -0.480 e. The predicted octanol–water partition coefficient (Wildman–Crippen LogP) is -2.16. The maximum Gasteiger partial charge on any atom is 0.327 e. The fourth-order valence-electron chi connectivity index (χ4n) is 0.536. The van der Waals surface area contributed by atoms with Crippen LogP contribution >= 0.6 is 12.6 Å². The molecule has 0 saturated heterocycles. The van der Waals surface area contributed by atoms with Gasteiger partial charge in [0.25, 0.3) is 5.91 Å².